The number of likely N-dealkylation sites (N-methyl/N-ethyl adjacent to an activating group) is 1. The van der Waals surface area contributed by atoms with Gasteiger partial charge in [0.05, 0.1) is 27.7 Å². The number of aliphatic hydroxyl groups is 1. The summed E-state index contributed by atoms with van der Waals surface area (Å²) in [5.74, 6) is 37.6. The van der Waals surface area contributed by atoms with Gasteiger partial charge in [0.25, 0.3) is 0 Å². The highest BCUT2D eigenvalue weighted by Gasteiger charge is 2.24. The summed E-state index contributed by atoms with van der Waals surface area (Å²) in [5.41, 5.74) is 0. The fourth-order valence-electron chi connectivity index (χ4n) is 1.42. The van der Waals surface area contributed by atoms with E-state index in [1.165, 1.54) is 0 Å². The summed E-state index contributed by atoms with van der Waals surface area (Å²) in [6.07, 6.45) is -1.35. The maximum absolute atomic E-state index is 11.7. The molecule has 0 radical (unpaired) electrons. The maximum Gasteiger partial charge on any atom is 0.472 e. The Bertz CT molecular complexity index is 1390. The number of carbonyl (C=O) groups excluding carboxylic acids is 2. The Kier molecular flexibility index (Phi) is 21.4. The molecule has 2 N–H and O–H groups in total. The van der Waals surface area contributed by atoms with Crippen molar-refractivity contribution in [3.8, 4) is 94.7 Å². The molecule has 0 aromatic rings. The first kappa shape index (κ1) is 35.6. The van der Waals surface area contributed by atoms with Crippen LogP contribution in [-0.4, -0.2) is 80.5 Å². The molecule has 0 aromatic carbocycles. The number of carboxylic acid groups (broad SMARTS) is 1. The van der Waals surface area contributed by atoms with Crippen LogP contribution < -0.4 is 5.11 Å². The Labute approximate surface area is 244 Å². The number of hydrogen-bond acceptors (Lipinski definition) is 8. The van der Waals surface area contributed by atoms with Crippen LogP contribution in [0.15, 0.2) is 0 Å². The number of aliphatic hydroxyl groups excluding tert-OH is 1. The molecule has 0 spiro atoms. The molecule has 2 atom stereocenters. The third kappa shape index (κ3) is 29.5. The van der Waals surface area contributed by atoms with Crippen LogP contribution in [0.1, 0.15) is 26.9 Å². The quantitative estimate of drug-likeness (QED) is 0.106. The predicted molar refractivity (Wildman–Crippen MR) is 165 cm³/mol. The van der Waals surface area contributed by atoms with Gasteiger partial charge in [0.15, 0.2) is 0 Å². The van der Waals surface area contributed by atoms with Gasteiger partial charge < -0.3 is 29.1 Å². The van der Waals surface area contributed by atoms with Crippen LogP contribution in [0.25, 0.3) is 0 Å². The minimum absolute atomic E-state index is 0. The monoisotopic (exact) mass is 565 g/mol. The first-order valence-corrected chi connectivity index (χ1v) is 11.7. The van der Waals surface area contributed by atoms with Crippen LogP contribution in [0.3, 0.4) is 0 Å². The van der Waals surface area contributed by atoms with E-state index in [9.17, 15) is 19.4 Å². The minimum Gasteiger partial charge on any atom is -0.554 e. The van der Waals surface area contributed by atoms with Gasteiger partial charge in [-0.1, -0.05) is 5.92 Å². The first-order chi connectivity index (χ1) is 18.0. The fourth-order valence-corrected chi connectivity index (χ4v) is 2.17. The zero-order chi connectivity index (χ0) is 29.1. The van der Waals surface area contributed by atoms with Crippen LogP contribution in [0.2, 0.25) is 0 Å². The summed E-state index contributed by atoms with van der Waals surface area (Å²) in [4.78, 5) is 29.3. The van der Waals surface area contributed by atoms with Gasteiger partial charge in [-0.2, -0.15) is 0 Å². The van der Waals surface area contributed by atoms with Crippen LogP contribution >= 0.6 is 7.82 Å². The van der Waals surface area contributed by atoms with Crippen molar-refractivity contribution >= 4 is 20.3 Å². The second-order valence-electron chi connectivity index (χ2n) is 7.08. The molecule has 224 valence electrons. The van der Waals surface area contributed by atoms with Crippen molar-refractivity contribution in [2.24, 2.45) is 0 Å². The van der Waals surface area contributed by atoms with Crippen LogP contribution in [0, 0.1) is 94.7 Å². The molecule has 2 unspecified atom stereocenters. The van der Waals surface area contributed by atoms with Crippen molar-refractivity contribution in [2.45, 2.75) is 13.0 Å². The lowest BCUT2D eigenvalue weighted by molar-refractivity contribution is -0.870. The average Bonchev–Trinajstić information content (AvgIpc) is 2.83. The molecule has 10 nitrogen and oxygen atoms in total. The van der Waals surface area contributed by atoms with Gasteiger partial charge in [-0.05, 0) is 89.8 Å². The molecule has 0 aliphatic rings. The predicted octanol–water partition coefficient (Wildman–Crippen LogP) is 1.59. The molecule has 38 heavy (non-hydrogen) atoms. The molecule has 11 heteroatoms. The lowest BCUT2D eigenvalue weighted by atomic mass is 10.4. The normalized spacial score (nSPS) is 10.4. The molecule has 0 aromatic heterocycles. The van der Waals surface area contributed by atoms with E-state index < -0.39 is 39.6 Å². The van der Waals surface area contributed by atoms with Crippen molar-refractivity contribution in [3.05, 3.63) is 0 Å². The molecule has 0 heterocycles. The van der Waals surface area contributed by atoms with Gasteiger partial charge in [0.1, 0.15) is 25.9 Å². The number of nitrogens with zero attached hydrogens (tertiary/aromatic N) is 1. The Morgan fingerprint density at radius 1 is 0.895 bits per heavy atom. The van der Waals surface area contributed by atoms with Gasteiger partial charge in [-0.25, -0.2) is 9.36 Å². The number of phosphoric ester groups is 1. The molecule has 0 aliphatic heterocycles. The summed E-state index contributed by atoms with van der Waals surface area (Å²) in [7, 11) is 1.34. The van der Waals surface area contributed by atoms with E-state index >= 15 is 0 Å². The highest BCUT2D eigenvalue weighted by Crippen LogP contribution is 2.43. The zero-order valence-corrected chi connectivity index (χ0v) is 22.0. The summed E-state index contributed by atoms with van der Waals surface area (Å²) < 4.78 is 26.4. The SMILES string of the molecule is CC#CC#CC#CC#CC#CC#CC#CC#CC(=O)OCC(O)COP(=O)(O)OCC[N+](C)(C)C.O=C[O-].[HH].[HH].[HH].[HH].[HH].[HH].[HH].[HH].[HH].[HH].[HH].[HH].[HH].[HH]. The molecular weight excluding hydrogens is 513 g/mol. The Hall–Kier alpha value is -4.55. The number of hydrogen-bond donors (Lipinski definition) is 2. The van der Waals surface area contributed by atoms with E-state index in [1.807, 2.05) is 21.1 Å². The first-order valence-electron chi connectivity index (χ1n) is 10.2. The standard InChI is InChI=1S/C26H22NO7P.CH2O2.14H2/c1-5-6-7-8-9-10-11-12-13-14-15-16-17-18-19-20-26(29)32-23-25(28)24-34-35(30,31)33-22-21-27(2,3)4;2-1-3;;;;;;;;;;;;;;/h25,28H,21-24H2,1-4H3;1H,(H,2,3);14*1H. The summed E-state index contributed by atoms with van der Waals surface area (Å²) >= 11 is 0. The summed E-state index contributed by atoms with van der Waals surface area (Å²) in [6.45, 7) is 0.563. The van der Waals surface area contributed by atoms with Crippen LogP contribution in [0.4, 0.5) is 0 Å². The Morgan fingerprint density at radius 2 is 1.32 bits per heavy atom. The van der Waals surface area contributed by atoms with Crippen molar-refractivity contribution in [1.82, 2.24) is 0 Å². The largest absolute Gasteiger partial charge is 0.554 e. The third-order valence-corrected chi connectivity index (χ3v) is 3.94. The van der Waals surface area contributed by atoms with Gasteiger partial charge >= 0.3 is 13.8 Å². The van der Waals surface area contributed by atoms with Crippen molar-refractivity contribution in [1.29, 1.82) is 0 Å². The number of phosphoric acid groups is 1. The van der Waals surface area contributed by atoms with Crippen LogP contribution in [0.5, 0.6) is 0 Å². The van der Waals surface area contributed by atoms with E-state index in [4.69, 9.17) is 14.4 Å². The van der Waals surface area contributed by atoms with Crippen molar-refractivity contribution in [3.63, 3.8) is 0 Å². The molecule has 0 fully saturated rings. The summed E-state index contributed by atoms with van der Waals surface area (Å²) in [6, 6.07) is 0. The number of carbonyl (C=O) groups is 2. The topological polar surface area (TPSA) is 142 Å². The smallest absolute Gasteiger partial charge is 0.472 e. The Morgan fingerprint density at radius 3 is 1.74 bits per heavy atom. The van der Waals surface area contributed by atoms with E-state index in [1.54, 1.807) is 6.92 Å². The molecular formula is C27H52NO9P. The third-order valence-electron chi connectivity index (χ3n) is 2.96. The highest BCUT2D eigenvalue weighted by atomic mass is 31.2. The molecule has 0 saturated heterocycles. The van der Waals surface area contributed by atoms with Gasteiger partial charge in [0, 0.05) is 32.4 Å². The minimum atomic E-state index is -4.33. The van der Waals surface area contributed by atoms with Crippen molar-refractivity contribution < 1.29 is 67.5 Å². The van der Waals surface area contributed by atoms with Crippen LogP contribution in [-0.2, 0) is 27.9 Å². The van der Waals surface area contributed by atoms with Gasteiger partial charge in [-0.15, -0.1) is 0 Å². The van der Waals surface area contributed by atoms with E-state index in [0.29, 0.717) is 11.0 Å². The maximum atomic E-state index is 11.7. The fraction of sp³-hybridized carbons (Fsp3) is 0.333. The number of quaternary nitrogens is 1. The van der Waals surface area contributed by atoms with Gasteiger partial charge in [0.2, 0.25) is 0 Å². The lowest BCUT2D eigenvalue weighted by Gasteiger charge is -2.24. The van der Waals surface area contributed by atoms with E-state index in [-0.39, 0.29) is 26.6 Å². The van der Waals surface area contributed by atoms with Crippen molar-refractivity contribution in [2.75, 3.05) is 47.5 Å². The molecule has 0 saturated carbocycles. The number of ether oxygens (including phenoxy) is 1. The molecule has 0 rings (SSSR count). The summed E-state index contributed by atoms with van der Waals surface area (Å²) in [5, 5.41) is 17.9. The molecule has 0 amide bonds. The number of rotatable bonds is 9. The highest BCUT2D eigenvalue weighted by molar-refractivity contribution is 7.47. The second-order valence-corrected chi connectivity index (χ2v) is 8.54. The molecule has 0 bridgehead atoms. The second kappa shape index (κ2) is 22.9. The number of esters is 1. The van der Waals surface area contributed by atoms with E-state index in [2.05, 4.69) is 104 Å². The van der Waals surface area contributed by atoms with E-state index in [0.717, 1.165) is 0 Å². The zero-order valence-electron chi connectivity index (χ0n) is 21.1. The lowest BCUT2D eigenvalue weighted by Crippen LogP contribution is -2.37. The average molecular weight is 566 g/mol. The van der Waals surface area contributed by atoms with Gasteiger partial charge in [-0.3, -0.25) is 9.05 Å². The Balaban J connectivity index is -0.0000000525. The molecule has 0 aliphatic carbocycles.